The van der Waals surface area contributed by atoms with Gasteiger partial charge in [0.2, 0.25) is 0 Å². The molecule has 0 fully saturated rings. The van der Waals surface area contributed by atoms with Gasteiger partial charge in [0.05, 0.1) is 33.4 Å². The van der Waals surface area contributed by atoms with Gasteiger partial charge in [-0.25, -0.2) is 15.0 Å². The van der Waals surface area contributed by atoms with E-state index in [1.165, 1.54) is 27.2 Å². The number of benzene rings is 9. The molecule has 0 atom stereocenters. The van der Waals surface area contributed by atoms with Crippen molar-refractivity contribution >= 4 is 60.7 Å². The lowest BCUT2D eigenvalue weighted by atomic mass is 10.1. The van der Waals surface area contributed by atoms with Crippen molar-refractivity contribution in [3.63, 3.8) is 0 Å². The Bertz CT molecular complexity index is 3540. The van der Waals surface area contributed by atoms with Gasteiger partial charge in [-0.05, 0) is 84.9 Å². The van der Waals surface area contributed by atoms with Crippen molar-refractivity contribution in [3.05, 3.63) is 231 Å². The fourth-order valence-electron chi connectivity index (χ4n) is 9.19. The third-order valence-corrected chi connectivity index (χ3v) is 12.0. The van der Waals surface area contributed by atoms with Crippen LogP contribution in [0.1, 0.15) is 0 Å². The highest BCUT2D eigenvalue weighted by Gasteiger charge is 2.23. The van der Waals surface area contributed by atoms with Crippen molar-refractivity contribution in [2.75, 3.05) is 4.90 Å². The highest BCUT2D eigenvalue weighted by molar-refractivity contribution is 6.12. The first-order valence-electron chi connectivity index (χ1n) is 21.2. The molecule has 0 bridgehead atoms. The minimum atomic E-state index is 0.583. The first-order valence-corrected chi connectivity index (χ1v) is 21.2. The van der Waals surface area contributed by atoms with Gasteiger partial charge in [-0.1, -0.05) is 146 Å². The number of rotatable bonds is 8. The molecular formula is C57H38N6. The Morgan fingerprint density at radius 3 is 1.40 bits per heavy atom. The molecule has 12 rings (SSSR count). The van der Waals surface area contributed by atoms with Gasteiger partial charge in [-0.2, -0.15) is 0 Å². The van der Waals surface area contributed by atoms with Crippen molar-refractivity contribution in [3.8, 4) is 45.5 Å². The molecule has 6 nitrogen and oxygen atoms in total. The standard InChI is InChI=1S/C57H38N6/c1-4-20-39(21-5-1)55-58-56(46-29-13-18-34-52(46)61(40-22-6-2-7-23-40)41-24-8-3-9-25-41)60-57(59-55)47-30-14-19-35-53(47)63-51-33-17-12-28-45(51)48-38-42(36-37-54(48)63)62-49-31-15-10-26-43(49)44-27-11-16-32-50(44)62/h1-38H. The maximum Gasteiger partial charge on any atom is 0.166 e. The van der Waals surface area contributed by atoms with E-state index in [1.807, 2.05) is 30.3 Å². The molecule has 296 valence electrons. The summed E-state index contributed by atoms with van der Waals surface area (Å²) in [5.41, 5.74) is 12.4. The highest BCUT2D eigenvalue weighted by Crippen LogP contribution is 2.42. The van der Waals surface area contributed by atoms with Crippen LogP contribution in [0.4, 0.5) is 17.1 Å². The van der Waals surface area contributed by atoms with Crippen LogP contribution in [0, 0.1) is 0 Å². The van der Waals surface area contributed by atoms with Gasteiger partial charge in [0.15, 0.2) is 17.5 Å². The molecule has 0 amide bonds. The zero-order chi connectivity index (χ0) is 41.7. The van der Waals surface area contributed by atoms with E-state index in [-0.39, 0.29) is 0 Å². The number of anilines is 3. The average Bonchev–Trinajstić information content (AvgIpc) is 3.87. The predicted molar refractivity (Wildman–Crippen MR) is 259 cm³/mol. The van der Waals surface area contributed by atoms with E-state index in [0.717, 1.165) is 61.5 Å². The van der Waals surface area contributed by atoms with Crippen LogP contribution in [0.25, 0.3) is 89.2 Å². The van der Waals surface area contributed by atoms with E-state index in [9.17, 15) is 0 Å². The summed E-state index contributed by atoms with van der Waals surface area (Å²) in [5.74, 6) is 1.77. The normalized spacial score (nSPS) is 11.5. The summed E-state index contributed by atoms with van der Waals surface area (Å²) < 4.78 is 4.75. The summed E-state index contributed by atoms with van der Waals surface area (Å²) in [7, 11) is 0. The van der Waals surface area contributed by atoms with Crippen molar-refractivity contribution < 1.29 is 0 Å². The van der Waals surface area contributed by atoms with Crippen LogP contribution in [0.3, 0.4) is 0 Å². The van der Waals surface area contributed by atoms with Gasteiger partial charge in [-0.3, -0.25) is 0 Å². The molecule has 0 N–H and O–H groups in total. The second kappa shape index (κ2) is 15.1. The summed E-state index contributed by atoms with van der Waals surface area (Å²) in [6.07, 6.45) is 0. The van der Waals surface area contributed by atoms with Crippen molar-refractivity contribution in [1.29, 1.82) is 0 Å². The van der Waals surface area contributed by atoms with Crippen molar-refractivity contribution in [2.45, 2.75) is 0 Å². The molecule has 0 saturated heterocycles. The number of fused-ring (bicyclic) bond motifs is 6. The van der Waals surface area contributed by atoms with Gasteiger partial charge < -0.3 is 14.0 Å². The molecule has 0 aliphatic rings. The van der Waals surface area contributed by atoms with Crippen molar-refractivity contribution in [2.24, 2.45) is 0 Å². The number of hydrogen-bond donors (Lipinski definition) is 0. The van der Waals surface area contributed by atoms with Crippen LogP contribution in [0.5, 0.6) is 0 Å². The smallest absolute Gasteiger partial charge is 0.166 e. The number of para-hydroxylation sites is 7. The molecule has 12 aromatic rings. The number of hydrogen-bond acceptors (Lipinski definition) is 4. The van der Waals surface area contributed by atoms with Gasteiger partial charge in [-0.15, -0.1) is 0 Å². The molecule has 0 radical (unpaired) electrons. The SMILES string of the molecule is c1ccc(-c2nc(-c3ccccc3N(c3ccccc3)c3ccccc3)nc(-c3ccccc3-n3c4ccccc4c4cc(-n5c6ccccc6c6ccccc65)ccc43)n2)cc1. The van der Waals surface area contributed by atoms with Crippen LogP contribution in [0.15, 0.2) is 231 Å². The first-order chi connectivity index (χ1) is 31.3. The molecule has 0 aliphatic heterocycles. The van der Waals surface area contributed by atoms with Crippen molar-refractivity contribution in [1.82, 2.24) is 24.1 Å². The van der Waals surface area contributed by atoms with Gasteiger partial charge >= 0.3 is 0 Å². The zero-order valence-electron chi connectivity index (χ0n) is 34.1. The largest absolute Gasteiger partial charge is 0.310 e. The molecule has 3 heterocycles. The van der Waals surface area contributed by atoms with Crippen LogP contribution in [0.2, 0.25) is 0 Å². The second-order valence-electron chi connectivity index (χ2n) is 15.6. The molecule has 0 aliphatic carbocycles. The number of nitrogens with zero attached hydrogens (tertiary/aromatic N) is 6. The minimum Gasteiger partial charge on any atom is -0.310 e. The van der Waals surface area contributed by atoms with E-state index in [4.69, 9.17) is 15.0 Å². The maximum absolute atomic E-state index is 5.40. The summed E-state index contributed by atoms with van der Waals surface area (Å²) in [4.78, 5) is 18.2. The van der Waals surface area contributed by atoms with Crippen LogP contribution in [-0.4, -0.2) is 24.1 Å². The lowest BCUT2D eigenvalue weighted by molar-refractivity contribution is 1.06. The Morgan fingerprint density at radius 2 is 0.762 bits per heavy atom. The Morgan fingerprint density at radius 1 is 0.317 bits per heavy atom. The number of aromatic nitrogens is 5. The van der Waals surface area contributed by atoms with Gasteiger partial charge in [0, 0.05) is 55.3 Å². The topological polar surface area (TPSA) is 51.8 Å². The molecule has 0 unspecified atom stereocenters. The minimum absolute atomic E-state index is 0.583. The molecule has 9 aromatic carbocycles. The molecular weight excluding hydrogens is 769 g/mol. The monoisotopic (exact) mass is 806 g/mol. The fourth-order valence-corrected chi connectivity index (χ4v) is 9.19. The Hall–Kier alpha value is -8.61. The summed E-state index contributed by atoms with van der Waals surface area (Å²) >= 11 is 0. The third-order valence-electron chi connectivity index (χ3n) is 12.0. The van der Waals surface area contributed by atoms with E-state index < -0.39 is 0 Å². The van der Waals surface area contributed by atoms with E-state index in [1.54, 1.807) is 0 Å². The van der Waals surface area contributed by atoms with Gasteiger partial charge in [0.1, 0.15) is 0 Å². The molecule has 63 heavy (non-hydrogen) atoms. The summed E-state index contributed by atoms with van der Waals surface area (Å²) in [6.45, 7) is 0. The summed E-state index contributed by atoms with van der Waals surface area (Å²) in [5, 5.41) is 4.82. The molecule has 6 heteroatoms. The van der Waals surface area contributed by atoms with E-state index in [0.29, 0.717) is 17.5 Å². The Labute approximate surface area is 364 Å². The quantitative estimate of drug-likeness (QED) is 0.153. The zero-order valence-corrected chi connectivity index (χ0v) is 34.1. The summed E-state index contributed by atoms with van der Waals surface area (Å²) in [6, 6.07) is 80.8. The first kappa shape index (κ1) is 36.3. The lowest BCUT2D eigenvalue weighted by Crippen LogP contribution is -2.12. The predicted octanol–water partition coefficient (Wildman–Crippen LogP) is 14.5. The van der Waals surface area contributed by atoms with Crippen LogP contribution in [-0.2, 0) is 0 Å². The maximum atomic E-state index is 5.40. The van der Waals surface area contributed by atoms with Crippen LogP contribution < -0.4 is 4.90 Å². The van der Waals surface area contributed by atoms with E-state index >= 15 is 0 Å². The Kier molecular flexibility index (Phi) is 8.71. The van der Waals surface area contributed by atoms with Crippen LogP contribution >= 0.6 is 0 Å². The third kappa shape index (κ3) is 6.15. The van der Waals surface area contributed by atoms with Gasteiger partial charge in [0.25, 0.3) is 0 Å². The molecule has 0 saturated carbocycles. The highest BCUT2D eigenvalue weighted by atomic mass is 15.2. The average molecular weight is 807 g/mol. The second-order valence-corrected chi connectivity index (χ2v) is 15.6. The fraction of sp³-hybridized carbons (Fsp3) is 0. The Balaban J connectivity index is 1.07. The molecule has 0 spiro atoms. The molecule has 3 aromatic heterocycles. The lowest BCUT2D eigenvalue weighted by Gasteiger charge is -2.27. The van der Waals surface area contributed by atoms with E-state index in [2.05, 4.69) is 214 Å².